The minimum atomic E-state index is -0.487. The fourth-order valence-corrected chi connectivity index (χ4v) is 4.97. The quantitative estimate of drug-likeness (QED) is 0.688. The van der Waals surface area contributed by atoms with E-state index < -0.39 is 5.91 Å². The van der Waals surface area contributed by atoms with Crippen LogP contribution < -0.4 is 11.1 Å². The second-order valence-corrected chi connectivity index (χ2v) is 8.13. The van der Waals surface area contributed by atoms with Gasteiger partial charge >= 0.3 is 5.97 Å². The SMILES string of the molecule is COC(=O)[C@H]1CC[C@H](c2sc(COC3CCNCC3)nc2C(N)=O)CC1.Cl. The summed E-state index contributed by atoms with van der Waals surface area (Å²) in [6.07, 6.45) is 5.48. The van der Waals surface area contributed by atoms with E-state index in [9.17, 15) is 9.59 Å². The van der Waals surface area contributed by atoms with Gasteiger partial charge < -0.3 is 20.5 Å². The van der Waals surface area contributed by atoms with Crippen LogP contribution in [0.5, 0.6) is 0 Å². The van der Waals surface area contributed by atoms with Gasteiger partial charge in [-0.3, -0.25) is 9.59 Å². The summed E-state index contributed by atoms with van der Waals surface area (Å²) >= 11 is 1.53. The van der Waals surface area contributed by atoms with Crippen LogP contribution in [0.3, 0.4) is 0 Å². The normalized spacial score (nSPS) is 23.4. The van der Waals surface area contributed by atoms with E-state index in [0.29, 0.717) is 12.3 Å². The van der Waals surface area contributed by atoms with Crippen LogP contribution in [0.4, 0.5) is 0 Å². The maximum absolute atomic E-state index is 11.8. The first-order valence-electron chi connectivity index (χ1n) is 9.28. The molecule has 1 aromatic rings. The van der Waals surface area contributed by atoms with Crippen LogP contribution in [-0.2, 0) is 20.9 Å². The highest BCUT2D eigenvalue weighted by molar-refractivity contribution is 7.12. The number of nitrogens with zero attached hydrogens (tertiary/aromatic N) is 1. The molecule has 0 spiro atoms. The lowest BCUT2D eigenvalue weighted by atomic mass is 9.81. The second kappa shape index (κ2) is 10.4. The van der Waals surface area contributed by atoms with Gasteiger partial charge in [-0.05, 0) is 57.5 Å². The Bertz CT molecular complexity index is 641. The fraction of sp³-hybridized carbons (Fsp3) is 0.722. The van der Waals surface area contributed by atoms with Crippen molar-refractivity contribution in [3.8, 4) is 0 Å². The summed E-state index contributed by atoms with van der Waals surface area (Å²) in [6.45, 7) is 2.38. The van der Waals surface area contributed by atoms with Gasteiger partial charge in [-0.2, -0.15) is 0 Å². The summed E-state index contributed by atoms with van der Waals surface area (Å²) < 4.78 is 10.8. The minimum Gasteiger partial charge on any atom is -0.469 e. The molecule has 1 amide bonds. The predicted octanol–water partition coefficient (Wildman–Crippen LogP) is 2.38. The first-order valence-corrected chi connectivity index (χ1v) is 10.1. The van der Waals surface area contributed by atoms with Crippen LogP contribution in [0.15, 0.2) is 0 Å². The number of aromatic nitrogens is 1. The predicted molar refractivity (Wildman–Crippen MR) is 105 cm³/mol. The van der Waals surface area contributed by atoms with Crippen LogP contribution in [0.25, 0.3) is 0 Å². The Morgan fingerprint density at radius 3 is 2.44 bits per heavy atom. The summed E-state index contributed by atoms with van der Waals surface area (Å²) in [6, 6.07) is 0. The number of rotatable bonds is 6. The van der Waals surface area contributed by atoms with Gasteiger partial charge in [-0.15, -0.1) is 23.7 Å². The van der Waals surface area contributed by atoms with Crippen molar-refractivity contribution in [3.63, 3.8) is 0 Å². The second-order valence-electron chi connectivity index (χ2n) is 7.02. The molecule has 0 radical (unpaired) electrons. The zero-order valence-corrected chi connectivity index (χ0v) is 17.2. The van der Waals surface area contributed by atoms with Gasteiger partial charge in [0.15, 0.2) is 0 Å². The number of nitrogens with one attached hydrogen (secondary N) is 1. The number of hydrogen-bond donors (Lipinski definition) is 2. The number of methoxy groups -OCH3 is 1. The molecular weight excluding hydrogens is 390 g/mol. The molecule has 3 N–H and O–H groups in total. The van der Waals surface area contributed by atoms with Crippen molar-refractivity contribution in [1.82, 2.24) is 10.3 Å². The summed E-state index contributed by atoms with van der Waals surface area (Å²) in [5.74, 6) is -0.439. The van der Waals surface area contributed by atoms with E-state index >= 15 is 0 Å². The third-order valence-corrected chi connectivity index (χ3v) is 6.48. The lowest BCUT2D eigenvalue weighted by Gasteiger charge is -2.26. The van der Waals surface area contributed by atoms with E-state index in [2.05, 4.69) is 10.3 Å². The number of amides is 1. The van der Waals surface area contributed by atoms with E-state index in [1.54, 1.807) is 0 Å². The molecule has 7 nitrogen and oxygen atoms in total. The highest BCUT2D eigenvalue weighted by Gasteiger charge is 2.31. The first-order chi connectivity index (χ1) is 12.6. The van der Waals surface area contributed by atoms with Crippen LogP contribution in [-0.4, -0.2) is 43.2 Å². The number of hydrogen-bond acceptors (Lipinski definition) is 7. The maximum atomic E-state index is 11.8. The van der Waals surface area contributed by atoms with E-state index in [1.807, 2.05) is 0 Å². The van der Waals surface area contributed by atoms with Gasteiger partial charge in [-0.25, -0.2) is 4.98 Å². The summed E-state index contributed by atoms with van der Waals surface area (Å²) in [5.41, 5.74) is 5.93. The molecule has 0 unspecified atom stereocenters. The van der Waals surface area contributed by atoms with E-state index in [0.717, 1.165) is 61.5 Å². The van der Waals surface area contributed by atoms with Crippen molar-refractivity contribution in [2.75, 3.05) is 20.2 Å². The largest absolute Gasteiger partial charge is 0.469 e. The maximum Gasteiger partial charge on any atom is 0.308 e. The molecule has 27 heavy (non-hydrogen) atoms. The average Bonchev–Trinajstić information content (AvgIpc) is 3.11. The Hall–Kier alpha value is -1.22. The lowest BCUT2D eigenvalue weighted by Crippen LogP contribution is -2.32. The van der Waals surface area contributed by atoms with Gasteiger partial charge in [-0.1, -0.05) is 0 Å². The monoisotopic (exact) mass is 417 g/mol. The summed E-state index contributed by atoms with van der Waals surface area (Å²) in [7, 11) is 1.43. The number of esters is 1. The highest BCUT2D eigenvalue weighted by atomic mass is 35.5. The third-order valence-electron chi connectivity index (χ3n) is 5.29. The highest BCUT2D eigenvalue weighted by Crippen LogP contribution is 2.40. The van der Waals surface area contributed by atoms with Crippen molar-refractivity contribution in [1.29, 1.82) is 0 Å². The first kappa shape index (κ1) is 22.1. The molecule has 1 aliphatic carbocycles. The molecule has 1 aliphatic heterocycles. The van der Waals surface area contributed by atoms with Gasteiger partial charge in [0.25, 0.3) is 5.91 Å². The van der Waals surface area contributed by atoms with Gasteiger partial charge in [0.2, 0.25) is 0 Å². The van der Waals surface area contributed by atoms with Crippen LogP contribution in [0.2, 0.25) is 0 Å². The van der Waals surface area contributed by atoms with E-state index in [4.69, 9.17) is 15.2 Å². The van der Waals surface area contributed by atoms with Gasteiger partial charge in [0, 0.05) is 4.88 Å². The van der Waals surface area contributed by atoms with Crippen molar-refractivity contribution < 1.29 is 19.1 Å². The van der Waals surface area contributed by atoms with Crippen LogP contribution >= 0.6 is 23.7 Å². The molecule has 3 rings (SSSR count). The number of carbonyl (C=O) groups is 2. The van der Waals surface area contributed by atoms with Crippen molar-refractivity contribution in [2.45, 2.75) is 57.2 Å². The number of piperidine rings is 1. The van der Waals surface area contributed by atoms with Gasteiger partial charge in [0.1, 0.15) is 10.7 Å². The van der Waals surface area contributed by atoms with E-state index in [-0.39, 0.29) is 36.3 Å². The summed E-state index contributed by atoms with van der Waals surface area (Å²) in [5, 5.41) is 4.12. The smallest absolute Gasteiger partial charge is 0.308 e. The molecule has 1 saturated heterocycles. The minimum absolute atomic E-state index is 0. The van der Waals surface area contributed by atoms with E-state index in [1.165, 1.54) is 18.4 Å². The molecule has 2 aliphatic rings. The number of ether oxygens (including phenoxy) is 2. The van der Waals surface area contributed by atoms with Crippen LogP contribution in [0.1, 0.15) is 64.8 Å². The Morgan fingerprint density at radius 1 is 1.19 bits per heavy atom. The fourth-order valence-electron chi connectivity index (χ4n) is 3.80. The number of carbonyl (C=O) groups excluding carboxylic acids is 2. The Kier molecular flexibility index (Phi) is 8.47. The van der Waals surface area contributed by atoms with Crippen molar-refractivity contribution in [2.24, 2.45) is 11.7 Å². The molecule has 1 saturated carbocycles. The Labute approximate surface area is 169 Å². The number of primary amides is 1. The average molecular weight is 418 g/mol. The zero-order valence-electron chi connectivity index (χ0n) is 15.6. The molecule has 0 aromatic carbocycles. The molecule has 152 valence electrons. The third kappa shape index (κ3) is 5.63. The molecule has 2 heterocycles. The molecule has 0 atom stereocenters. The number of halogens is 1. The van der Waals surface area contributed by atoms with Gasteiger partial charge in [0.05, 0.1) is 25.7 Å². The number of thiazole rings is 1. The lowest BCUT2D eigenvalue weighted by molar-refractivity contribution is -0.146. The molecule has 9 heteroatoms. The number of nitrogens with two attached hydrogens (primary N) is 1. The van der Waals surface area contributed by atoms with Crippen LogP contribution in [0, 0.1) is 5.92 Å². The van der Waals surface area contributed by atoms with Crippen molar-refractivity contribution in [3.05, 3.63) is 15.6 Å². The Morgan fingerprint density at radius 2 is 1.85 bits per heavy atom. The molecule has 1 aromatic heterocycles. The Balaban J connectivity index is 0.00000261. The molecular formula is C18H28ClN3O4S. The zero-order chi connectivity index (χ0) is 18.5. The molecule has 0 bridgehead atoms. The topological polar surface area (TPSA) is 104 Å². The van der Waals surface area contributed by atoms with Crippen molar-refractivity contribution >= 4 is 35.6 Å². The standard InChI is InChI=1S/C18H27N3O4S.ClH/c1-24-18(23)12-4-2-11(3-5-12)16-15(17(19)22)21-14(26-16)10-25-13-6-8-20-9-7-13;/h11-13,20H,2-10H2,1H3,(H2,19,22);1H/t11-,12-;. The molecule has 2 fully saturated rings. The summed E-state index contributed by atoms with van der Waals surface area (Å²) in [4.78, 5) is 28.9.